The molecule has 1 saturated heterocycles. The largest absolute Gasteiger partial charge is 0.486 e. The zero-order chi connectivity index (χ0) is 21.2. The van der Waals surface area contributed by atoms with Gasteiger partial charge in [-0.15, -0.1) is 0 Å². The number of benzene rings is 2. The van der Waals surface area contributed by atoms with Crippen molar-refractivity contribution in [3.05, 3.63) is 48.3 Å². The first-order chi connectivity index (χ1) is 15.2. The van der Waals surface area contributed by atoms with E-state index in [-0.39, 0.29) is 24.2 Å². The normalized spacial score (nSPS) is 17.9. The van der Waals surface area contributed by atoms with Crippen LogP contribution in [0.2, 0.25) is 0 Å². The van der Waals surface area contributed by atoms with E-state index in [4.69, 9.17) is 9.47 Å². The monoisotopic (exact) mass is 420 g/mol. The van der Waals surface area contributed by atoms with E-state index in [2.05, 4.69) is 15.3 Å². The molecule has 1 fully saturated rings. The average molecular weight is 420 g/mol. The summed E-state index contributed by atoms with van der Waals surface area (Å²) in [4.78, 5) is 34.6. The molecule has 3 aromatic rings. The fourth-order valence-corrected chi connectivity index (χ4v) is 4.07. The van der Waals surface area contributed by atoms with Crippen molar-refractivity contribution < 1.29 is 19.1 Å². The van der Waals surface area contributed by atoms with Crippen molar-refractivity contribution in [3.8, 4) is 11.5 Å². The Morgan fingerprint density at radius 3 is 2.87 bits per heavy atom. The molecule has 31 heavy (non-hydrogen) atoms. The molecule has 160 valence electrons. The zero-order valence-electron chi connectivity index (χ0n) is 17.1. The number of rotatable bonds is 6. The summed E-state index contributed by atoms with van der Waals surface area (Å²) in [6.07, 6.45) is 1.74. The van der Waals surface area contributed by atoms with Gasteiger partial charge < -0.3 is 24.7 Å². The number of aromatic amines is 1. The van der Waals surface area contributed by atoms with E-state index in [1.54, 1.807) is 11.0 Å². The molecule has 0 bridgehead atoms. The molecular formula is C23H24N4O4. The molecule has 0 aliphatic carbocycles. The van der Waals surface area contributed by atoms with Crippen LogP contribution in [-0.2, 0) is 16.0 Å². The van der Waals surface area contributed by atoms with E-state index in [0.717, 1.165) is 35.4 Å². The minimum atomic E-state index is -0.355. The molecule has 2 aromatic carbocycles. The van der Waals surface area contributed by atoms with Crippen LogP contribution in [0, 0.1) is 5.92 Å². The summed E-state index contributed by atoms with van der Waals surface area (Å²) in [6.45, 7) is 1.93. The molecule has 1 unspecified atom stereocenters. The molecular weight excluding hydrogens is 396 g/mol. The van der Waals surface area contributed by atoms with Crippen molar-refractivity contribution >= 4 is 28.5 Å². The van der Waals surface area contributed by atoms with Gasteiger partial charge in [-0.25, -0.2) is 4.98 Å². The lowest BCUT2D eigenvalue weighted by Crippen LogP contribution is -2.33. The first-order valence-electron chi connectivity index (χ1n) is 10.6. The smallest absolute Gasteiger partial charge is 0.227 e. The summed E-state index contributed by atoms with van der Waals surface area (Å²) in [5.41, 5.74) is 2.70. The number of hydrogen-bond acceptors (Lipinski definition) is 5. The molecule has 8 heteroatoms. The Morgan fingerprint density at radius 1 is 1.16 bits per heavy atom. The molecule has 2 aliphatic rings. The number of amides is 2. The predicted octanol–water partition coefficient (Wildman–Crippen LogP) is 2.44. The van der Waals surface area contributed by atoms with Crippen molar-refractivity contribution in [2.24, 2.45) is 5.92 Å². The topological polar surface area (TPSA) is 96.5 Å². The molecule has 2 N–H and O–H groups in total. The van der Waals surface area contributed by atoms with Gasteiger partial charge in [-0.05, 0) is 30.7 Å². The Kier molecular flexibility index (Phi) is 5.19. The van der Waals surface area contributed by atoms with Crippen LogP contribution >= 0.6 is 0 Å². The predicted molar refractivity (Wildman–Crippen MR) is 115 cm³/mol. The second-order valence-electron chi connectivity index (χ2n) is 7.83. The zero-order valence-corrected chi connectivity index (χ0v) is 17.1. The number of fused-ring (bicyclic) bond motifs is 2. The second kappa shape index (κ2) is 8.29. The third-order valence-corrected chi connectivity index (χ3v) is 5.66. The number of hydrogen-bond donors (Lipinski definition) is 2. The first kappa shape index (κ1) is 19.4. The number of aromatic nitrogens is 2. The van der Waals surface area contributed by atoms with Gasteiger partial charge in [0.25, 0.3) is 0 Å². The maximum Gasteiger partial charge on any atom is 0.227 e. The molecule has 2 amide bonds. The second-order valence-corrected chi connectivity index (χ2v) is 7.83. The minimum Gasteiger partial charge on any atom is -0.486 e. The number of aryl methyl sites for hydroxylation is 1. The number of H-pyrrole nitrogens is 1. The number of para-hydroxylation sites is 2. The van der Waals surface area contributed by atoms with Crippen LogP contribution in [0.5, 0.6) is 11.5 Å². The number of carbonyl (C=O) groups excluding carboxylic acids is 2. The molecule has 0 saturated carbocycles. The standard InChI is InChI=1S/C23H24N4O4/c28-22-12-15(14-27(22)16-7-8-19-20(13-16)31-11-10-30-19)23(29)24-9-3-6-21-25-17-4-1-2-5-18(17)26-21/h1-2,4-5,7-8,13,15H,3,6,9-12,14H2,(H,24,29)(H,25,26). The van der Waals surface area contributed by atoms with Crippen LogP contribution in [-0.4, -0.2) is 48.1 Å². The summed E-state index contributed by atoms with van der Waals surface area (Å²) >= 11 is 0. The van der Waals surface area contributed by atoms with Gasteiger partial charge in [0, 0.05) is 37.7 Å². The van der Waals surface area contributed by atoms with Crippen molar-refractivity contribution in [2.45, 2.75) is 19.3 Å². The molecule has 0 spiro atoms. The number of carbonyl (C=O) groups is 2. The maximum absolute atomic E-state index is 12.6. The van der Waals surface area contributed by atoms with E-state index in [1.807, 2.05) is 36.4 Å². The number of anilines is 1. The lowest BCUT2D eigenvalue weighted by Gasteiger charge is -2.22. The fraction of sp³-hybridized carbons (Fsp3) is 0.348. The van der Waals surface area contributed by atoms with E-state index in [0.29, 0.717) is 37.8 Å². The Bertz CT molecular complexity index is 1090. The van der Waals surface area contributed by atoms with Gasteiger partial charge >= 0.3 is 0 Å². The van der Waals surface area contributed by atoms with Crippen molar-refractivity contribution in [1.29, 1.82) is 0 Å². The quantitative estimate of drug-likeness (QED) is 0.597. The van der Waals surface area contributed by atoms with Gasteiger partial charge in [-0.2, -0.15) is 0 Å². The number of imidazole rings is 1. The molecule has 1 aromatic heterocycles. The number of nitrogens with one attached hydrogen (secondary N) is 2. The van der Waals surface area contributed by atoms with E-state index >= 15 is 0 Å². The third kappa shape index (κ3) is 4.05. The highest BCUT2D eigenvalue weighted by Gasteiger charge is 2.35. The van der Waals surface area contributed by atoms with Gasteiger partial charge in [0.05, 0.1) is 17.0 Å². The Hall–Kier alpha value is -3.55. The average Bonchev–Trinajstić information content (AvgIpc) is 3.39. The fourth-order valence-electron chi connectivity index (χ4n) is 4.07. The maximum atomic E-state index is 12.6. The van der Waals surface area contributed by atoms with Crippen LogP contribution in [0.15, 0.2) is 42.5 Å². The van der Waals surface area contributed by atoms with Crippen LogP contribution < -0.4 is 19.7 Å². The highest BCUT2D eigenvalue weighted by Crippen LogP contribution is 2.36. The van der Waals surface area contributed by atoms with Gasteiger partial charge in [0.15, 0.2) is 11.5 Å². The summed E-state index contributed by atoms with van der Waals surface area (Å²) < 4.78 is 11.1. The SMILES string of the molecule is O=C(NCCCc1nc2ccccc2[nH]1)C1CC(=O)N(c2ccc3c(c2)OCCO3)C1. The van der Waals surface area contributed by atoms with E-state index in [1.165, 1.54) is 0 Å². The van der Waals surface area contributed by atoms with Gasteiger partial charge in [0.2, 0.25) is 11.8 Å². The molecule has 3 heterocycles. The molecule has 0 radical (unpaired) electrons. The van der Waals surface area contributed by atoms with Crippen molar-refractivity contribution in [1.82, 2.24) is 15.3 Å². The highest BCUT2D eigenvalue weighted by molar-refractivity contribution is 6.00. The first-order valence-corrected chi connectivity index (χ1v) is 10.6. The lowest BCUT2D eigenvalue weighted by molar-refractivity contribution is -0.126. The van der Waals surface area contributed by atoms with Crippen LogP contribution in [0.25, 0.3) is 11.0 Å². The minimum absolute atomic E-state index is 0.0564. The van der Waals surface area contributed by atoms with Gasteiger partial charge in [-0.3, -0.25) is 9.59 Å². The Balaban J connectivity index is 1.13. The van der Waals surface area contributed by atoms with Crippen LogP contribution in [0.1, 0.15) is 18.7 Å². The molecule has 2 aliphatic heterocycles. The van der Waals surface area contributed by atoms with Gasteiger partial charge in [0.1, 0.15) is 19.0 Å². The number of ether oxygens (including phenoxy) is 2. The Labute approximate surface area is 179 Å². The lowest BCUT2D eigenvalue weighted by atomic mass is 10.1. The third-order valence-electron chi connectivity index (χ3n) is 5.66. The summed E-state index contributed by atoms with van der Waals surface area (Å²) in [5.74, 6) is 1.73. The van der Waals surface area contributed by atoms with Gasteiger partial charge in [-0.1, -0.05) is 12.1 Å². The number of nitrogens with zero attached hydrogens (tertiary/aromatic N) is 2. The van der Waals surface area contributed by atoms with Crippen LogP contribution in [0.4, 0.5) is 5.69 Å². The van der Waals surface area contributed by atoms with Crippen molar-refractivity contribution in [2.75, 3.05) is 31.2 Å². The summed E-state index contributed by atoms with van der Waals surface area (Å²) in [5, 5.41) is 2.97. The molecule has 8 nitrogen and oxygen atoms in total. The summed E-state index contributed by atoms with van der Waals surface area (Å²) in [6, 6.07) is 13.4. The highest BCUT2D eigenvalue weighted by atomic mass is 16.6. The van der Waals surface area contributed by atoms with Crippen molar-refractivity contribution in [3.63, 3.8) is 0 Å². The molecule has 5 rings (SSSR count). The molecule has 1 atom stereocenters. The van der Waals surface area contributed by atoms with Crippen LogP contribution in [0.3, 0.4) is 0 Å². The van der Waals surface area contributed by atoms with E-state index < -0.39 is 0 Å². The van der Waals surface area contributed by atoms with E-state index in [9.17, 15) is 9.59 Å². The Morgan fingerprint density at radius 2 is 2.00 bits per heavy atom. The summed E-state index contributed by atoms with van der Waals surface area (Å²) in [7, 11) is 0.